The van der Waals surface area contributed by atoms with Crippen molar-refractivity contribution in [1.82, 2.24) is 0 Å². The molecule has 0 saturated heterocycles. The molecule has 0 aliphatic heterocycles. The molecule has 0 radical (unpaired) electrons. The highest BCUT2D eigenvalue weighted by Crippen LogP contribution is 2.43. The average Bonchev–Trinajstić information content (AvgIpc) is 1.80. The highest BCUT2D eigenvalue weighted by Gasteiger charge is 2.44. The third-order valence-corrected chi connectivity index (χ3v) is 24.5. The Labute approximate surface area is 717 Å². The summed E-state index contributed by atoms with van der Waals surface area (Å²) in [6.45, 7) is 67.0. The fourth-order valence-electron chi connectivity index (χ4n) is 13.6. The van der Waals surface area contributed by atoms with E-state index in [2.05, 4.69) is 13.8 Å². The zero-order chi connectivity index (χ0) is 91.9. The third-order valence-electron chi connectivity index (χ3n) is 24.5. The first-order valence-corrected chi connectivity index (χ1v) is 46.6. The standard InChI is InChI=1S/2C19H34O4.C18H32O4.C17H30O4.C14H24O4.5C2H6/c1-6-18(2,3)17(21)22-14-10-13-16(20)23-19(4,5)15-11-8-7-9-12-15;1-6-18(4,5)17(21)22-14-16(20)23-19(7-2,8-3)15-12-10-9-11-13-15;1-6-17(3,4)16(20)21-13-15(19)22-18(5,7-2)14-11-9-8-10-12-14;1-6-16(2,3)15(19)20-12-14(18)21-17(4,5)13-10-8-7-9-11-13;1-6-13(2,3)12(16)17-9-11(15)18-14(4,5)10-7-8-10;5*1-2/h2*15H,6-14H2,1-5H3;14H,6-13H2,1-5H3;13H,6-12H2,1-5H3;10H,6-9H2,1-5H3;5*1-2H3. The first-order valence-electron chi connectivity index (χ1n) is 46.6. The number of esters is 10. The van der Waals surface area contributed by atoms with E-state index >= 15 is 0 Å². The molecule has 5 rings (SSSR count). The molecule has 117 heavy (non-hydrogen) atoms. The van der Waals surface area contributed by atoms with Crippen LogP contribution >= 0.6 is 0 Å². The van der Waals surface area contributed by atoms with Crippen LogP contribution < -0.4 is 0 Å². The van der Waals surface area contributed by atoms with Crippen LogP contribution in [0.1, 0.15) is 448 Å². The summed E-state index contributed by atoms with van der Waals surface area (Å²) in [5.74, 6) is -1.39. The maximum absolute atomic E-state index is 12.2. The van der Waals surface area contributed by atoms with Crippen LogP contribution in [0.2, 0.25) is 0 Å². The van der Waals surface area contributed by atoms with E-state index in [9.17, 15) is 47.9 Å². The monoisotopic (exact) mass is 1670 g/mol. The van der Waals surface area contributed by atoms with Crippen molar-refractivity contribution in [3.63, 3.8) is 0 Å². The predicted octanol–water partition coefficient (Wildman–Crippen LogP) is 25.3. The summed E-state index contributed by atoms with van der Waals surface area (Å²) in [7, 11) is 0. The fraction of sp³-hybridized carbons (Fsp3) is 0.897. The normalized spacial score (nSPS) is 16.2. The molecule has 20 heteroatoms. The van der Waals surface area contributed by atoms with Crippen molar-refractivity contribution in [3.05, 3.63) is 0 Å². The van der Waals surface area contributed by atoms with Crippen LogP contribution in [-0.4, -0.2) is 121 Å². The fourth-order valence-corrected chi connectivity index (χ4v) is 13.6. The Hall–Kier alpha value is -5.30. The molecule has 0 heterocycles. The van der Waals surface area contributed by atoms with Gasteiger partial charge < -0.3 is 47.4 Å². The molecule has 0 aromatic heterocycles. The Morgan fingerprint density at radius 3 is 0.709 bits per heavy atom. The van der Waals surface area contributed by atoms with E-state index < -0.39 is 79.0 Å². The van der Waals surface area contributed by atoms with Gasteiger partial charge in [0, 0.05) is 6.42 Å². The van der Waals surface area contributed by atoms with Gasteiger partial charge >= 0.3 is 59.7 Å². The number of hydrogen-bond donors (Lipinski definition) is 0. The zero-order valence-electron chi connectivity index (χ0n) is 82.2. The summed E-state index contributed by atoms with van der Waals surface area (Å²) in [5, 5.41) is 0. The van der Waals surface area contributed by atoms with E-state index in [0.29, 0.717) is 68.1 Å². The van der Waals surface area contributed by atoms with Crippen molar-refractivity contribution in [2.45, 2.75) is 476 Å². The van der Waals surface area contributed by atoms with Gasteiger partial charge in [0.15, 0.2) is 26.4 Å². The predicted molar refractivity (Wildman–Crippen MR) is 475 cm³/mol. The second-order valence-corrected chi connectivity index (χ2v) is 36.0. The summed E-state index contributed by atoms with van der Waals surface area (Å²) in [6.07, 6.45) is 32.6. The van der Waals surface area contributed by atoms with E-state index in [1.165, 1.54) is 77.0 Å². The van der Waals surface area contributed by atoms with Gasteiger partial charge in [-0.25, -0.2) is 19.2 Å². The quantitative estimate of drug-likeness (QED) is 0.0324. The van der Waals surface area contributed by atoms with Crippen LogP contribution in [0, 0.1) is 56.7 Å². The molecule has 0 aromatic carbocycles. The molecule has 1 atom stereocenters. The van der Waals surface area contributed by atoms with E-state index in [4.69, 9.17) is 47.4 Å². The largest absolute Gasteiger partial charge is 0.465 e. The van der Waals surface area contributed by atoms with Gasteiger partial charge in [-0.3, -0.25) is 28.8 Å². The maximum atomic E-state index is 12.2. The maximum Gasteiger partial charge on any atom is 0.344 e. The topological polar surface area (TPSA) is 263 Å². The highest BCUT2D eigenvalue weighted by molar-refractivity contribution is 5.82. The van der Waals surface area contributed by atoms with E-state index in [-0.39, 0.29) is 68.9 Å². The molecular weight excluding hydrogens is 1490 g/mol. The Morgan fingerprint density at radius 1 is 0.239 bits per heavy atom. The van der Waals surface area contributed by atoms with Gasteiger partial charge in [-0.2, -0.15) is 0 Å². The average molecular weight is 1670 g/mol. The van der Waals surface area contributed by atoms with Crippen molar-refractivity contribution >= 4 is 59.7 Å². The van der Waals surface area contributed by atoms with E-state index in [1.54, 1.807) is 13.8 Å². The molecule has 5 aliphatic rings. The lowest BCUT2D eigenvalue weighted by molar-refractivity contribution is -0.180. The smallest absolute Gasteiger partial charge is 0.344 e. The highest BCUT2D eigenvalue weighted by atomic mass is 16.6. The van der Waals surface area contributed by atoms with Crippen LogP contribution in [0.3, 0.4) is 0 Å². The second kappa shape index (κ2) is 61.9. The summed E-state index contributed by atoms with van der Waals surface area (Å²) < 4.78 is 53.8. The third kappa shape index (κ3) is 47.6. The Balaban J connectivity index is -0.000000435. The van der Waals surface area contributed by atoms with Crippen LogP contribution in [-0.2, 0) is 95.3 Å². The Kier molecular flexibility index (Phi) is 63.6. The number of carbonyl (C=O) groups is 10. The van der Waals surface area contributed by atoms with E-state index in [0.717, 1.165) is 89.9 Å². The number of carbonyl (C=O) groups excluding carboxylic acids is 10. The number of rotatable bonds is 35. The molecular formula is C97H184O20. The lowest BCUT2D eigenvalue weighted by atomic mass is 9.74. The minimum atomic E-state index is -0.559. The van der Waals surface area contributed by atoms with Crippen molar-refractivity contribution < 1.29 is 95.3 Å². The molecule has 20 nitrogen and oxygen atoms in total. The minimum absolute atomic E-state index is 0.189. The van der Waals surface area contributed by atoms with Gasteiger partial charge in [-0.15, -0.1) is 0 Å². The molecule has 0 bridgehead atoms. The Morgan fingerprint density at radius 2 is 0.462 bits per heavy atom. The number of ether oxygens (including phenoxy) is 10. The van der Waals surface area contributed by atoms with Crippen LogP contribution in [0.4, 0.5) is 0 Å². The lowest BCUT2D eigenvalue weighted by Gasteiger charge is -2.41. The molecule has 692 valence electrons. The van der Waals surface area contributed by atoms with Gasteiger partial charge in [0.25, 0.3) is 0 Å². The summed E-state index contributed by atoms with van der Waals surface area (Å²) >= 11 is 0. The SMILES string of the molecule is CC.CC.CC.CC.CC.CCC(C)(C)C(=O)OCC(=O)OC(C)(C)C1CC1.CCC(C)(C)C(=O)OCC(=O)OC(C)(C)C1CCCCC1.CCC(C)(C)C(=O)OCC(=O)OC(C)(CC)C1CCCCC1.CCC(C)(C)C(=O)OCC(=O)OC(CC)(CC)C1CCCCC1.CCC(C)(C)C(=O)OCCCC(=O)OC(C)(C)C1CCCCC1. The van der Waals surface area contributed by atoms with Gasteiger partial charge in [0.2, 0.25) is 0 Å². The van der Waals surface area contributed by atoms with Gasteiger partial charge in [0.05, 0.1) is 33.7 Å². The van der Waals surface area contributed by atoms with Crippen molar-refractivity contribution in [2.24, 2.45) is 56.7 Å². The molecule has 5 saturated carbocycles. The summed E-state index contributed by atoms with van der Waals surface area (Å²) in [4.78, 5) is 119. The second-order valence-electron chi connectivity index (χ2n) is 36.0. The van der Waals surface area contributed by atoms with Crippen molar-refractivity contribution in [1.29, 1.82) is 0 Å². The van der Waals surface area contributed by atoms with Crippen LogP contribution in [0.5, 0.6) is 0 Å². The summed E-state index contributed by atoms with van der Waals surface area (Å²) in [5.41, 5.74) is -4.83. The molecule has 0 amide bonds. The van der Waals surface area contributed by atoms with Gasteiger partial charge in [0.1, 0.15) is 28.0 Å². The molecule has 1 unspecified atom stereocenters. The minimum Gasteiger partial charge on any atom is -0.465 e. The first-order chi connectivity index (χ1) is 54.6. The Bertz CT molecular complexity index is 2700. The molecule has 5 fully saturated rings. The first kappa shape index (κ1) is 120. The molecule has 5 aliphatic carbocycles. The molecule has 0 aromatic rings. The van der Waals surface area contributed by atoms with Crippen molar-refractivity contribution in [2.75, 3.05) is 33.0 Å². The van der Waals surface area contributed by atoms with Gasteiger partial charge in [-0.1, -0.05) is 202 Å². The van der Waals surface area contributed by atoms with Gasteiger partial charge in [-0.05, 0) is 269 Å². The zero-order valence-corrected chi connectivity index (χ0v) is 82.2. The van der Waals surface area contributed by atoms with Crippen LogP contribution in [0.15, 0.2) is 0 Å². The number of hydrogen-bond acceptors (Lipinski definition) is 20. The summed E-state index contributed by atoms with van der Waals surface area (Å²) in [6, 6.07) is 0. The molecule has 0 N–H and O–H groups in total. The van der Waals surface area contributed by atoms with E-state index in [1.807, 2.05) is 215 Å². The lowest BCUT2D eigenvalue weighted by Crippen LogP contribution is -2.43. The van der Waals surface area contributed by atoms with Crippen LogP contribution in [0.25, 0.3) is 0 Å². The molecule has 0 spiro atoms. The van der Waals surface area contributed by atoms with Crippen molar-refractivity contribution in [3.8, 4) is 0 Å².